The molecule has 0 aromatic heterocycles. The molecule has 0 saturated heterocycles. The van der Waals surface area contributed by atoms with Crippen LogP contribution in [0.5, 0.6) is 0 Å². The van der Waals surface area contributed by atoms with Gasteiger partial charge < -0.3 is 5.73 Å². The molecule has 0 aromatic rings. The van der Waals surface area contributed by atoms with Gasteiger partial charge in [0.25, 0.3) is 0 Å². The van der Waals surface area contributed by atoms with Gasteiger partial charge in [-0.15, -0.1) is 0 Å². The molecule has 0 fully saturated rings. The summed E-state index contributed by atoms with van der Waals surface area (Å²) < 4.78 is 0. The maximum absolute atomic E-state index is 5.32. The minimum Gasteiger partial charge on any atom is -0.326 e. The van der Waals surface area contributed by atoms with Crippen molar-refractivity contribution in [2.75, 3.05) is 6.54 Å². The fraction of sp³-hybridized carbons (Fsp3) is 0.273. The minimum atomic E-state index is 0.459. The Bertz CT molecular complexity index is 175. The second-order valence-electron chi connectivity index (χ2n) is 1.93. The van der Waals surface area contributed by atoms with Crippen molar-refractivity contribution in [2.24, 2.45) is 5.73 Å². The minimum absolute atomic E-state index is 0.459. The summed E-state index contributed by atoms with van der Waals surface area (Å²) in [6, 6.07) is 0. The molecule has 0 aromatic carbocycles. The first-order chi connectivity index (χ1) is 5.72. The van der Waals surface area contributed by atoms with Crippen LogP contribution in [0.25, 0.3) is 0 Å². The van der Waals surface area contributed by atoms with Gasteiger partial charge in [-0.3, -0.25) is 0 Å². The number of nitrogens with two attached hydrogens (primary N) is 1. The van der Waals surface area contributed by atoms with E-state index < -0.39 is 0 Å². The highest BCUT2D eigenvalue weighted by Crippen LogP contribution is 2.03. The fourth-order valence-electron chi connectivity index (χ4n) is 0.433. The lowest BCUT2D eigenvalue weighted by molar-refractivity contribution is 1.17. The Morgan fingerprint density at radius 1 is 1.33 bits per heavy atom. The van der Waals surface area contributed by atoms with Gasteiger partial charge in [0.05, 0.1) is 0 Å². The lowest BCUT2D eigenvalue weighted by atomic mass is 10.1. The van der Waals surface area contributed by atoms with Crippen molar-refractivity contribution in [3.63, 3.8) is 0 Å². The lowest BCUT2D eigenvalue weighted by Crippen LogP contribution is -2.02. The van der Waals surface area contributed by atoms with Crippen LogP contribution in [0.1, 0.15) is 13.8 Å². The maximum Gasteiger partial charge on any atom is 0.0177 e. The summed E-state index contributed by atoms with van der Waals surface area (Å²) in [5.41, 5.74) is 7.05. The zero-order valence-electron chi connectivity index (χ0n) is 8.14. The van der Waals surface area contributed by atoms with E-state index in [1.807, 2.05) is 26.0 Å². The first-order valence-electron chi connectivity index (χ1n) is 4.08. The van der Waals surface area contributed by atoms with Gasteiger partial charge in [-0.05, 0) is 11.1 Å². The normalized spacial score (nSPS) is 8.58. The summed E-state index contributed by atoms with van der Waals surface area (Å²) in [5, 5.41) is 0. The average molecular weight is 165 g/mol. The molecule has 0 spiro atoms. The van der Waals surface area contributed by atoms with Crippen LogP contribution in [-0.4, -0.2) is 6.54 Å². The van der Waals surface area contributed by atoms with Crippen molar-refractivity contribution in [1.82, 2.24) is 0 Å². The monoisotopic (exact) mass is 165 g/mol. The summed E-state index contributed by atoms with van der Waals surface area (Å²) in [6.45, 7) is 15.5. The van der Waals surface area contributed by atoms with Crippen LogP contribution >= 0.6 is 0 Å². The van der Waals surface area contributed by atoms with Crippen LogP contribution < -0.4 is 5.73 Å². The van der Waals surface area contributed by atoms with Gasteiger partial charge >= 0.3 is 0 Å². The summed E-state index contributed by atoms with van der Waals surface area (Å²) in [5.74, 6) is 0. The molecule has 68 valence electrons. The molecule has 0 rings (SSSR count). The molecule has 0 saturated carbocycles. The summed E-state index contributed by atoms with van der Waals surface area (Å²) in [4.78, 5) is 0. The van der Waals surface area contributed by atoms with Gasteiger partial charge in [0, 0.05) is 6.54 Å². The van der Waals surface area contributed by atoms with E-state index in [1.54, 1.807) is 6.08 Å². The molecular formula is C11H19N. The molecular weight excluding hydrogens is 146 g/mol. The quantitative estimate of drug-likeness (QED) is 0.637. The van der Waals surface area contributed by atoms with Crippen LogP contribution in [0.2, 0.25) is 0 Å². The molecule has 12 heavy (non-hydrogen) atoms. The molecule has 2 N–H and O–H groups in total. The summed E-state index contributed by atoms with van der Waals surface area (Å²) in [6.07, 6.45) is 5.33. The number of rotatable bonds is 4. The second kappa shape index (κ2) is 9.92. The highest BCUT2D eigenvalue weighted by atomic mass is 14.5. The number of allylic oxidation sites excluding steroid dienone is 3. The fourth-order valence-corrected chi connectivity index (χ4v) is 0.433. The molecule has 1 heteroatoms. The molecule has 0 bridgehead atoms. The standard InChI is InChI=1S/C9H13N.C2H6/c1-4-5-6-8(2)9(3)7-10;1-2/h4-6H,1-3,7,10H2;1-2H3/b6-5-;. The first kappa shape index (κ1) is 13.5. The SMILES string of the molecule is C=C/C=C\C(=C)C(=C)CN.CC. The van der Waals surface area contributed by atoms with Crippen molar-refractivity contribution in [2.45, 2.75) is 13.8 Å². The van der Waals surface area contributed by atoms with Crippen molar-refractivity contribution in [1.29, 1.82) is 0 Å². The predicted octanol–water partition coefficient (Wildman–Crippen LogP) is 2.83. The van der Waals surface area contributed by atoms with Crippen molar-refractivity contribution in [3.05, 3.63) is 49.1 Å². The molecule has 0 amide bonds. The topological polar surface area (TPSA) is 26.0 Å². The summed E-state index contributed by atoms with van der Waals surface area (Å²) in [7, 11) is 0. The Morgan fingerprint density at radius 3 is 2.17 bits per heavy atom. The van der Waals surface area contributed by atoms with E-state index in [9.17, 15) is 0 Å². The zero-order chi connectivity index (χ0) is 9.98. The Labute approximate surface area is 76.0 Å². The van der Waals surface area contributed by atoms with Crippen LogP contribution in [0.15, 0.2) is 49.1 Å². The van der Waals surface area contributed by atoms with Gasteiger partial charge in [-0.1, -0.05) is 51.8 Å². The van der Waals surface area contributed by atoms with Crippen molar-refractivity contribution >= 4 is 0 Å². The molecule has 0 unspecified atom stereocenters. The predicted molar refractivity (Wildman–Crippen MR) is 58.0 cm³/mol. The average Bonchev–Trinajstić information content (AvgIpc) is 2.16. The molecule has 0 aliphatic heterocycles. The van der Waals surface area contributed by atoms with Crippen LogP contribution in [0.3, 0.4) is 0 Å². The highest BCUT2D eigenvalue weighted by molar-refractivity contribution is 5.36. The van der Waals surface area contributed by atoms with E-state index in [2.05, 4.69) is 19.7 Å². The molecule has 0 radical (unpaired) electrons. The van der Waals surface area contributed by atoms with Crippen LogP contribution in [0, 0.1) is 0 Å². The van der Waals surface area contributed by atoms with Gasteiger partial charge in [0.1, 0.15) is 0 Å². The second-order valence-corrected chi connectivity index (χ2v) is 1.93. The highest BCUT2D eigenvalue weighted by Gasteiger charge is 1.89. The zero-order valence-corrected chi connectivity index (χ0v) is 8.14. The van der Waals surface area contributed by atoms with Gasteiger partial charge in [-0.25, -0.2) is 0 Å². The Balaban J connectivity index is 0. The van der Waals surface area contributed by atoms with E-state index in [-0.39, 0.29) is 0 Å². The third-order valence-electron chi connectivity index (χ3n) is 1.13. The maximum atomic E-state index is 5.32. The molecule has 1 nitrogen and oxygen atoms in total. The van der Waals surface area contributed by atoms with Crippen molar-refractivity contribution in [3.8, 4) is 0 Å². The largest absolute Gasteiger partial charge is 0.326 e. The van der Waals surface area contributed by atoms with Crippen LogP contribution in [-0.2, 0) is 0 Å². The van der Waals surface area contributed by atoms with E-state index >= 15 is 0 Å². The van der Waals surface area contributed by atoms with E-state index in [4.69, 9.17) is 5.73 Å². The third kappa shape index (κ3) is 7.03. The Hall–Kier alpha value is -1.08. The molecule has 0 heterocycles. The number of hydrogen-bond acceptors (Lipinski definition) is 1. The van der Waals surface area contributed by atoms with Gasteiger partial charge in [-0.2, -0.15) is 0 Å². The third-order valence-corrected chi connectivity index (χ3v) is 1.13. The lowest BCUT2D eigenvalue weighted by Gasteiger charge is -1.98. The van der Waals surface area contributed by atoms with Gasteiger partial charge in [0.2, 0.25) is 0 Å². The summed E-state index contributed by atoms with van der Waals surface area (Å²) >= 11 is 0. The molecule has 0 aliphatic carbocycles. The van der Waals surface area contributed by atoms with E-state index in [0.29, 0.717) is 6.54 Å². The van der Waals surface area contributed by atoms with Crippen molar-refractivity contribution < 1.29 is 0 Å². The molecule has 0 aliphatic rings. The van der Waals surface area contributed by atoms with Gasteiger partial charge in [0.15, 0.2) is 0 Å². The first-order valence-corrected chi connectivity index (χ1v) is 4.08. The van der Waals surface area contributed by atoms with E-state index in [1.165, 1.54) is 0 Å². The number of hydrogen-bond donors (Lipinski definition) is 1. The Kier molecular flexibility index (Phi) is 11.2. The Morgan fingerprint density at radius 2 is 1.83 bits per heavy atom. The molecule has 0 atom stereocenters. The smallest absolute Gasteiger partial charge is 0.0177 e. The van der Waals surface area contributed by atoms with Crippen LogP contribution in [0.4, 0.5) is 0 Å². The van der Waals surface area contributed by atoms with E-state index in [0.717, 1.165) is 11.1 Å².